The van der Waals surface area contributed by atoms with Crippen molar-refractivity contribution in [2.24, 2.45) is 0 Å². The summed E-state index contributed by atoms with van der Waals surface area (Å²) in [5.74, 6) is -1.03. The first-order valence-corrected chi connectivity index (χ1v) is 12.6. The smallest absolute Gasteiger partial charge is 0.399 e. The first-order chi connectivity index (χ1) is 17.4. The van der Waals surface area contributed by atoms with Crippen molar-refractivity contribution in [1.29, 1.82) is 0 Å². The molecule has 1 atom stereocenters. The van der Waals surface area contributed by atoms with Crippen molar-refractivity contribution >= 4 is 41.7 Å². The molecule has 2 aliphatic heterocycles. The van der Waals surface area contributed by atoms with E-state index in [1.165, 1.54) is 24.3 Å². The van der Waals surface area contributed by atoms with Crippen LogP contribution in [0.5, 0.6) is 0 Å². The van der Waals surface area contributed by atoms with Crippen LogP contribution in [0.15, 0.2) is 54.7 Å². The topological polar surface area (TPSA) is 60.9 Å². The zero-order valence-corrected chi connectivity index (χ0v) is 22.7. The SMILES string of the molecule is COC1(c2ccc(Cl)cc2)c2c(F)cc(B3OC(C)(C)C(C)(C)O3)cc2C(=O)N1Cc1ccc(Cl)cn1. The van der Waals surface area contributed by atoms with Crippen LogP contribution in [-0.2, 0) is 26.3 Å². The van der Waals surface area contributed by atoms with Crippen LogP contribution >= 0.6 is 23.2 Å². The monoisotopic (exact) mass is 542 g/mol. The number of nitrogens with zero attached hydrogens (tertiary/aromatic N) is 2. The number of halogens is 3. The molecular formula is C27H26BCl2FN2O4. The maximum atomic E-state index is 16.1. The van der Waals surface area contributed by atoms with E-state index in [0.717, 1.165) is 0 Å². The van der Waals surface area contributed by atoms with Gasteiger partial charge < -0.3 is 14.0 Å². The lowest BCUT2D eigenvalue weighted by molar-refractivity contribution is -0.0885. The summed E-state index contributed by atoms with van der Waals surface area (Å²) < 4.78 is 34.4. The zero-order valence-electron chi connectivity index (χ0n) is 21.1. The van der Waals surface area contributed by atoms with Crippen LogP contribution in [0.25, 0.3) is 0 Å². The summed E-state index contributed by atoms with van der Waals surface area (Å²) in [5, 5.41) is 0.968. The third-order valence-corrected chi connectivity index (χ3v) is 7.95. The van der Waals surface area contributed by atoms with Gasteiger partial charge in [-0.3, -0.25) is 14.7 Å². The maximum absolute atomic E-state index is 16.1. The van der Waals surface area contributed by atoms with Crippen LogP contribution in [0.1, 0.15) is 54.9 Å². The molecule has 37 heavy (non-hydrogen) atoms. The van der Waals surface area contributed by atoms with Gasteiger partial charge in [-0.2, -0.15) is 0 Å². The zero-order chi connectivity index (χ0) is 26.8. The summed E-state index contributed by atoms with van der Waals surface area (Å²) in [6.07, 6.45) is 1.50. The molecule has 0 aliphatic carbocycles. The number of rotatable bonds is 5. The van der Waals surface area contributed by atoms with Gasteiger partial charge in [-0.05, 0) is 69.6 Å². The molecule has 5 rings (SSSR count). The average molecular weight is 543 g/mol. The van der Waals surface area contributed by atoms with Crippen molar-refractivity contribution in [3.8, 4) is 0 Å². The summed E-state index contributed by atoms with van der Waals surface area (Å²) in [4.78, 5) is 19.8. The van der Waals surface area contributed by atoms with E-state index in [-0.39, 0.29) is 17.7 Å². The molecule has 3 heterocycles. The van der Waals surface area contributed by atoms with Crippen molar-refractivity contribution in [3.05, 3.63) is 93.0 Å². The van der Waals surface area contributed by atoms with Crippen LogP contribution in [0.3, 0.4) is 0 Å². The van der Waals surface area contributed by atoms with Crippen molar-refractivity contribution < 1.29 is 23.2 Å². The Morgan fingerprint density at radius 3 is 2.19 bits per heavy atom. The third-order valence-electron chi connectivity index (χ3n) is 7.47. The number of pyridine rings is 1. The molecule has 1 saturated heterocycles. The molecule has 0 radical (unpaired) electrons. The van der Waals surface area contributed by atoms with E-state index in [1.807, 2.05) is 27.7 Å². The van der Waals surface area contributed by atoms with Crippen molar-refractivity contribution in [2.45, 2.75) is 51.2 Å². The molecule has 1 unspecified atom stereocenters. The Balaban J connectivity index is 1.67. The van der Waals surface area contributed by atoms with Gasteiger partial charge in [-0.15, -0.1) is 0 Å². The number of fused-ring (bicyclic) bond motifs is 1. The molecule has 6 nitrogen and oxygen atoms in total. The number of benzene rings is 2. The number of ether oxygens (including phenoxy) is 1. The summed E-state index contributed by atoms with van der Waals surface area (Å²) in [7, 11) is 0.609. The second-order valence-corrected chi connectivity index (χ2v) is 11.1. The second kappa shape index (κ2) is 9.07. The summed E-state index contributed by atoms with van der Waals surface area (Å²) in [6, 6.07) is 13.2. The van der Waals surface area contributed by atoms with E-state index < -0.39 is 35.8 Å². The number of carbonyl (C=O) groups is 1. The first kappa shape index (κ1) is 26.1. The Morgan fingerprint density at radius 2 is 1.62 bits per heavy atom. The van der Waals surface area contributed by atoms with Gasteiger partial charge in [0.05, 0.1) is 39.6 Å². The lowest BCUT2D eigenvalue weighted by atomic mass is 9.77. The summed E-state index contributed by atoms with van der Waals surface area (Å²) in [5.41, 5.74) is -1.01. The summed E-state index contributed by atoms with van der Waals surface area (Å²) in [6.45, 7) is 7.71. The Morgan fingerprint density at radius 1 is 1.00 bits per heavy atom. The number of aromatic nitrogens is 1. The van der Waals surface area contributed by atoms with Crippen molar-refractivity contribution in [3.63, 3.8) is 0 Å². The lowest BCUT2D eigenvalue weighted by Crippen LogP contribution is -2.46. The van der Waals surface area contributed by atoms with E-state index in [0.29, 0.717) is 26.8 Å². The number of methoxy groups -OCH3 is 1. The Bertz CT molecular complexity index is 1350. The highest BCUT2D eigenvalue weighted by molar-refractivity contribution is 6.62. The largest absolute Gasteiger partial charge is 0.494 e. The highest BCUT2D eigenvalue weighted by Crippen LogP contribution is 2.47. The highest BCUT2D eigenvalue weighted by atomic mass is 35.5. The van der Waals surface area contributed by atoms with Gasteiger partial charge in [0.2, 0.25) is 0 Å². The first-order valence-electron chi connectivity index (χ1n) is 11.8. The Kier molecular flexibility index (Phi) is 6.40. The number of hydrogen-bond acceptors (Lipinski definition) is 5. The van der Waals surface area contributed by atoms with Crippen LogP contribution in [0.4, 0.5) is 4.39 Å². The molecule has 192 valence electrons. The Labute approximate surface area is 225 Å². The number of carbonyl (C=O) groups excluding carboxylic acids is 1. The fourth-order valence-electron chi connectivity index (χ4n) is 4.83. The number of amides is 1. The molecule has 0 N–H and O–H groups in total. The van der Waals surface area contributed by atoms with E-state index in [4.69, 9.17) is 37.2 Å². The maximum Gasteiger partial charge on any atom is 0.494 e. The fraction of sp³-hybridized carbons (Fsp3) is 0.333. The Hall–Kier alpha value is -2.49. The number of hydrogen-bond donors (Lipinski definition) is 0. The van der Waals surface area contributed by atoms with Gasteiger partial charge in [0.1, 0.15) is 5.82 Å². The molecule has 10 heteroatoms. The quantitative estimate of drug-likeness (QED) is 0.408. The highest BCUT2D eigenvalue weighted by Gasteiger charge is 2.56. The molecule has 0 saturated carbocycles. The van der Waals surface area contributed by atoms with E-state index >= 15 is 4.39 Å². The molecule has 0 bridgehead atoms. The molecule has 3 aromatic rings. The minimum atomic E-state index is -1.56. The average Bonchev–Trinajstić information content (AvgIpc) is 3.22. The van der Waals surface area contributed by atoms with E-state index in [2.05, 4.69) is 4.98 Å². The van der Waals surface area contributed by atoms with Gasteiger partial charge in [-0.1, -0.05) is 35.3 Å². The van der Waals surface area contributed by atoms with Gasteiger partial charge in [0.15, 0.2) is 5.72 Å². The minimum absolute atomic E-state index is 0.0480. The van der Waals surface area contributed by atoms with Gasteiger partial charge in [0.25, 0.3) is 5.91 Å². The van der Waals surface area contributed by atoms with Gasteiger partial charge in [0, 0.05) is 23.9 Å². The predicted octanol–water partition coefficient (Wildman–Crippen LogP) is 5.33. The molecule has 0 spiro atoms. The van der Waals surface area contributed by atoms with Gasteiger partial charge in [-0.25, -0.2) is 4.39 Å². The second-order valence-electron chi connectivity index (χ2n) is 10.2. The van der Waals surface area contributed by atoms with Crippen LogP contribution in [0, 0.1) is 5.82 Å². The van der Waals surface area contributed by atoms with E-state index in [9.17, 15) is 4.79 Å². The van der Waals surface area contributed by atoms with Crippen LogP contribution in [-0.4, -0.2) is 41.2 Å². The summed E-state index contributed by atoms with van der Waals surface area (Å²) >= 11 is 12.2. The molecule has 1 amide bonds. The van der Waals surface area contributed by atoms with Crippen molar-refractivity contribution in [2.75, 3.05) is 7.11 Å². The van der Waals surface area contributed by atoms with Crippen molar-refractivity contribution in [1.82, 2.24) is 9.88 Å². The molecule has 2 aromatic carbocycles. The lowest BCUT2D eigenvalue weighted by Gasteiger charge is -2.38. The van der Waals surface area contributed by atoms with Crippen LogP contribution < -0.4 is 5.46 Å². The molecule has 1 aromatic heterocycles. The van der Waals surface area contributed by atoms with E-state index in [1.54, 1.807) is 42.5 Å². The normalized spacial score (nSPS) is 22.0. The molecule has 1 fully saturated rings. The third kappa shape index (κ3) is 4.15. The van der Waals surface area contributed by atoms with Gasteiger partial charge >= 0.3 is 7.12 Å². The molecule has 2 aliphatic rings. The van der Waals surface area contributed by atoms with Crippen LogP contribution in [0.2, 0.25) is 10.0 Å². The minimum Gasteiger partial charge on any atom is -0.399 e. The standard InChI is InChI=1S/C27H26BCl2FN2O4/c1-25(2)26(3,4)37-28(36-25)17-12-21-23(22(31)13-17)27(35-5,16-6-8-18(29)9-7-16)33(24(21)34)15-20-11-10-19(30)14-32-20/h6-14H,15H2,1-5H3. The predicted molar refractivity (Wildman–Crippen MR) is 140 cm³/mol. The fourth-order valence-corrected chi connectivity index (χ4v) is 5.07. The molecular weight excluding hydrogens is 517 g/mol.